The van der Waals surface area contributed by atoms with Gasteiger partial charge in [-0.1, -0.05) is 35.9 Å². The number of hydrazone groups is 1. The summed E-state index contributed by atoms with van der Waals surface area (Å²) >= 11 is 0. The number of sulfonamides is 1. The molecule has 2 aromatic carbocycles. The summed E-state index contributed by atoms with van der Waals surface area (Å²) in [5, 5.41) is 4.69. The highest BCUT2D eigenvalue weighted by molar-refractivity contribution is 7.92. The van der Waals surface area contributed by atoms with Crippen LogP contribution in [0.5, 0.6) is 0 Å². The van der Waals surface area contributed by atoms with Gasteiger partial charge >= 0.3 is 0 Å². The third-order valence-electron chi connectivity index (χ3n) is 4.60. The van der Waals surface area contributed by atoms with Crippen LogP contribution in [0.3, 0.4) is 0 Å². The molecule has 1 amide bonds. The molecule has 32 heavy (non-hydrogen) atoms. The van der Waals surface area contributed by atoms with E-state index in [9.17, 15) is 13.2 Å². The molecule has 2 aromatic heterocycles. The smallest absolute Gasteiger partial charge is 0.272 e. The molecule has 160 valence electrons. The normalized spacial score (nSPS) is 11.5. The van der Waals surface area contributed by atoms with Crippen molar-refractivity contribution in [2.45, 2.75) is 11.8 Å². The maximum Gasteiger partial charge on any atom is 0.272 e. The number of para-hydroxylation sites is 1. The standard InChI is InChI=1S/C23H19N5O3S/c1-16-7-11-20(12-8-16)32(30,31)28-21-6-2-4-17-9-10-19(26-22(17)21)15-25-27-23(29)18-5-3-13-24-14-18/h2-15,28H,1H3,(H,27,29)/b25-15+. The molecule has 0 fully saturated rings. The second kappa shape index (κ2) is 8.94. The van der Waals surface area contributed by atoms with Crippen LogP contribution in [-0.4, -0.2) is 30.5 Å². The molecule has 2 heterocycles. The summed E-state index contributed by atoms with van der Waals surface area (Å²) < 4.78 is 28.2. The fourth-order valence-corrected chi connectivity index (χ4v) is 4.02. The van der Waals surface area contributed by atoms with E-state index in [1.165, 1.54) is 12.4 Å². The highest BCUT2D eigenvalue weighted by Gasteiger charge is 2.16. The summed E-state index contributed by atoms with van der Waals surface area (Å²) in [5.74, 6) is -0.401. The third kappa shape index (κ3) is 4.79. The van der Waals surface area contributed by atoms with Gasteiger partial charge in [0.2, 0.25) is 0 Å². The number of benzene rings is 2. The predicted octanol–water partition coefficient (Wildman–Crippen LogP) is 3.50. The molecule has 0 unspecified atom stereocenters. The number of nitrogens with zero attached hydrogens (tertiary/aromatic N) is 3. The molecule has 0 saturated carbocycles. The van der Waals surface area contributed by atoms with E-state index in [0.29, 0.717) is 22.5 Å². The first kappa shape index (κ1) is 21.1. The van der Waals surface area contributed by atoms with E-state index < -0.39 is 15.9 Å². The highest BCUT2D eigenvalue weighted by atomic mass is 32.2. The van der Waals surface area contributed by atoms with Gasteiger partial charge in [0.1, 0.15) is 0 Å². The summed E-state index contributed by atoms with van der Waals surface area (Å²) in [6.45, 7) is 1.89. The molecule has 0 atom stereocenters. The maximum atomic E-state index is 12.8. The molecule has 4 aromatic rings. The molecule has 4 rings (SSSR count). The van der Waals surface area contributed by atoms with Crippen LogP contribution >= 0.6 is 0 Å². The summed E-state index contributed by atoms with van der Waals surface area (Å²) in [6.07, 6.45) is 4.40. The van der Waals surface area contributed by atoms with Crippen LogP contribution in [0.4, 0.5) is 5.69 Å². The fraction of sp³-hybridized carbons (Fsp3) is 0.0435. The van der Waals surface area contributed by atoms with Gasteiger partial charge in [-0.05, 0) is 43.3 Å². The second-order valence-corrected chi connectivity index (χ2v) is 8.66. The molecule has 0 aliphatic heterocycles. The Labute approximate surface area is 185 Å². The van der Waals surface area contributed by atoms with Crippen molar-refractivity contribution in [2.24, 2.45) is 5.10 Å². The van der Waals surface area contributed by atoms with Crippen LogP contribution in [0.1, 0.15) is 21.6 Å². The fourth-order valence-electron chi connectivity index (χ4n) is 2.96. The monoisotopic (exact) mass is 445 g/mol. The zero-order chi connectivity index (χ0) is 22.6. The first-order valence-corrected chi connectivity index (χ1v) is 11.1. The van der Waals surface area contributed by atoms with E-state index in [0.717, 1.165) is 10.9 Å². The van der Waals surface area contributed by atoms with E-state index in [1.54, 1.807) is 66.9 Å². The molecule has 2 N–H and O–H groups in total. The Morgan fingerprint density at radius 1 is 1.00 bits per heavy atom. The number of carbonyl (C=O) groups is 1. The van der Waals surface area contributed by atoms with Crippen molar-refractivity contribution in [1.29, 1.82) is 0 Å². The summed E-state index contributed by atoms with van der Waals surface area (Å²) in [5.41, 5.74) is 5.02. The number of hydrogen-bond acceptors (Lipinski definition) is 6. The molecular weight excluding hydrogens is 426 g/mol. The number of nitrogens with one attached hydrogen (secondary N) is 2. The van der Waals surface area contributed by atoms with Gasteiger partial charge < -0.3 is 0 Å². The zero-order valence-electron chi connectivity index (χ0n) is 17.1. The second-order valence-electron chi connectivity index (χ2n) is 6.97. The average molecular weight is 446 g/mol. The van der Waals surface area contributed by atoms with Gasteiger partial charge in [-0.15, -0.1) is 0 Å². The van der Waals surface area contributed by atoms with Gasteiger partial charge in [0, 0.05) is 17.8 Å². The lowest BCUT2D eigenvalue weighted by Gasteiger charge is -2.11. The number of fused-ring (bicyclic) bond motifs is 1. The van der Waals surface area contributed by atoms with Crippen molar-refractivity contribution in [1.82, 2.24) is 15.4 Å². The molecule has 0 spiro atoms. The molecule has 0 saturated heterocycles. The predicted molar refractivity (Wildman–Crippen MR) is 123 cm³/mol. The van der Waals surface area contributed by atoms with Gasteiger partial charge in [0.25, 0.3) is 15.9 Å². The van der Waals surface area contributed by atoms with Crippen LogP contribution in [0.15, 0.2) is 89.1 Å². The minimum absolute atomic E-state index is 0.163. The number of carbonyl (C=O) groups excluding carboxylic acids is 1. The van der Waals surface area contributed by atoms with Gasteiger partial charge in [0.15, 0.2) is 0 Å². The number of anilines is 1. The van der Waals surface area contributed by atoms with E-state index >= 15 is 0 Å². The number of aromatic nitrogens is 2. The van der Waals surface area contributed by atoms with E-state index in [2.05, 4.69) is 25.2 Å². The quantitative estimate of drug-likeness (QED) is 0.348. The number of hydrogen-bond donors (Lipinski definition) is 2. The largest absolute Gasteiger partial charge is 0.277 e. The SMILES string of the molecule is Cc1ccc(S(=O)(=O)Nc2cccc3ccc(/C=N/NC(=O)c4cccnc4)nc23)cc1. The topological polar surface area (TPSA) is 113 Å². The van der Waals surface area contributed by atoms with Crippen LogP contribution in [0.25, 0.3) is 10.9 Å². The van der Waals surface area contributed by atoms with Gasteiger partial charge in [-0.2, -0.15) is 5.10 Å². The summed E-state index contributed by atoms with van der Waals surface area (Å²) in [6, 6.07) is 18.6. The molecule has 0 aliphatic carbocycles. The van der Waals surface area contributed by atoms with Crippen molar-refractivity contribution in [2.75, 3.05) is 4.72 Å². The minimum Gasteiger partial charge on any atom is -0.277 e. The Morgan fingerprint density at radius 3 is 2.56 bits per heavy atom. The van der Waals surface area contributed by atoms with Crippen LogP contribution in [0, 0.1) is 6.92 Å². The zero-order valence-corrected chi connectivity index (χ0v) is 17.9. The maximum absolute atomic E-state index is 12.8. The van der Waals surface area contributed by atoms with Crippen molar-refractivity contribution in [3.8, 4) is 0 Å². The van der Waals surface area contributed by atoms with Crippen molar-refractivity contribution in [3.05, 3.63) is 95.9 Å². The average Bonchev–Trinajstić information content (AvgIpc) is 2.80. The van der Waals surface area contributed by atoms with Crippen LogP contribution in [-0.2, 0) is 10.0 Å². The Hall–Kier alpha value is -4.11. The van der Waals surface area contributed by atoms with Crippen LogP contribution < -0.4 is 10.1 Å². The minimum atomic E-state index is -3.78. The Bertz CT molecular complexity index is 1400. The molecule has 9 heteroatoms. The lowest BCUT2D eigenvalue weighted by atomic mass is 10.2. The number of pyridine rings is 2. The third-order valence-corrected chi connectivity index (χ3v) is 5.99. The Morgan fingerprint density at radius 2 is 1.81 bits per heavy atom. The van der Waals surface area contributed by atoms with Gasteiger partial charge in [-0.25, -0.2) is 18.8 Å². The summed E-state index contributed by atoms with van der Waals surface area (Å²) in [7, 11) is -3.78. The molecule has 0 radical (unpaired) electrons. The first-order chi connectivity index (χ1) is 15.4. The first-order valence-electron chi connectivity index (χ1n) is 9.65. The number of aryl methyl sites for hydroxylation is 1. The van der Waals surface area contributed by atoms with Crippen molar-refractivity contribution < 1.29 is 13.2 Å². The lowest BCUT2D eigenvalue weighted by Crippen LogP contribution is -2.17. The number of rotatable bonds is 6. The van der Waals surface area contributed by atoms with Crippen molar-refractivity contribution >= 4 is 38.7 Å². The molecular formula is C23H19N5O3S. The van der Waals surface area contributed by atoms with Gasteiger partial charge in [-0.3, -0.25) is 14.5 Å². The Balaban J connectivity index is 1.58. The van der Waals surface area contributed by atoms with E-state index in [-0.39, 0.29) is 4.90 Å². The molecule has 8 nitrogen and oxygen atoms in total. The lowest BCUT2D eigenvalue weighted by molar-refractivity contribution is 0.0954. The van der Waals surface area contributed by atoms with Crippen LogP contribution in [0.2, 0.25) is 0 Å². The highest BCUT2D eigenvalue weighted by Crippen LogP contribution is 2.24. The molecule has 0 bridgehead atoms. The Kier molecular flexibility index (Phi) is 5.91. The van der Waals surface area contributed by atoms with Gasteiger partial charge in [0.05, 0.1) is 33.6 Å². The van der Waals surface area contributed by atoms with E-state index in [1.807, 2.05) is 13.0 Å². The summed E-state index contributed by atoms with van der Waals surface area (Å²) in [4.78, 5) is 20.6. The van der Waals surface area contributed by atoms with Crippen molar-refractivity contribution in [3.63, 3.8) is 0 Å². The number of amides is 1. The molecule has 0 aliphatic rings. The van der Waals surface area contributed by atoms with E-state index in [4.69, 9.17) is 0 Å².